The van der Waals surface area contributed by atoms with Crippen LogP contribution in [0.4, 0.5) is 5.69 Å². The predicted octanol–water partition coefficient (Wildman–Crippen LogP) is 5.50. The van der Waals surface area contributed by atoms with E-state index in [1.54, 1.807) is 18.2 Å². The average Bonchev–Trinajstić information content (AvgIpc) is 2.75. The summed E-state index contributed by atoms with van der Waals surface area (Å²) in [6.45, 7) is 1.99. The van der Waals surface area contributed by atoms with E-state index in [2.05, 4.69) is 15.3 Å². The molecule has 0 aliphatic heterocycles. The van der Waals surface area contributed by atoms with Crippen LogP contribution in [0.1, 0.15) is 15.9 Å². The largest absolute Gasteiger partial charge is 0.439 e. The van der Waals surface area contributed by atoms with Crippen LogP contribution in [0.3, 0.4) is 0 Å². The van der Waals surface area contributed by atoms with Crippen LogP contribution in [0.2, 0.25) is 0 Å². The summed E-state index contributed by atoms with van der Waals surface area (Å²) in [5.74, 6) is 0.964. The molecular weight excluding hydrogens is 362 g/mol. The second-order valence-electron chi connectivity index (χ2n) is 6.56. The lowest BCUT2D eigenvalue weighted by Gasteiger charge is -2.09. The summed E-state index contributed by atoms with van der Waals surface area (Å²) in [5, 5.41) is 2.93. The van der Waals surface area contributed by atoms with Gasteiger partial charge in [0.25, 0.3) is 5.91 Å². The molecule has 0 saturated heterocycles. The van der Waals surface area contributed by atoms with Crippen molar-refractivity contribution in [1.82, 2.24) is 9.97 Å². The Morgan fingerprint density at radius 3 is 2.52 bits per heavy atom. The number of carbonyl (C=O) groups excluding carboxylic acids is 1. The molecule has 4 aromatic rings. The molecule has 3 aromatic carbocycles. The predicted molar refractivity (Wildman–Crippen MR) is 113 cm³/mol. The van der Waals surface area contributed by atoms with Crippen LogP contribution in [-0.2, 0) is 0 Å². The van der Waals surface area contributed by atoms with E-state index >= 15 is 0 Å². The third kappa shape index (κ3) is 4.65. The average molecular weight is 381 g/mol. The number of nitrogens with zero attached hydrogens (tertiary/aromatic N) is 2. The minimum Gasteiger partial charge on any atom is -0.439 e. The molecule has 1 N–H and O–H groups in total. The Kier molecular flexibility index (Phi) is 5.29. The van der Waals surface area contributed by atoms with Crippen molar-refractivity contribution in [3.8, 4) is 22.9 Å². The first-order valence-corrected chi connectivity index (χ1v) is 9.21. The van der Waals surface area contributed by atoms with E-state index in [1.165, 1.54) is 6.33 Å². The maximum absolute atomic E-state index is 12.6. The van der Waals surface area contributed by atoms with Crippen molar-refractivity contribution >= 4 is 11.6 Å². The fraction of sp³-hybridized carbons (Fsp3) is 0.0417. The lowest BCUT2D eigenvalue weighted by Crippen LogP contribution is -2.11. The number of nitrogens with one attached hydrogen (secondary N) is 1. The summed E-state index contributed by atoms with van der Waals surface area (Å²) in [7, 11) is 0. The first kappa shape index (κ1) is 18.4. The van der Waals surface area contributed by atoms with Crippen molar-refractivity contribution in [1.29, 1.82) is 0 Å². The number of carbonyl (C=O) groups is 1. The normalized spacial score (nSPS) is 10.4. The van der Waals surface area contributed by atoms with Gasteiger partial charge in [-0.2, -0.15) is 0 Å². The molecule has 5 nitrogen and oxygen atoms in total. The number of ether oxygens (including phenoxy) is 1. The molecule has 0 saturated carbocycles. The number of para-hydroxylation sites is 1. The van der Waals surface area contributed by atoms with Gasteiger partial charge in [-0.1, -0.05) is 42.5 Å². The molecule has 1 aromatic heterocycles. The second kappa shape index (κ2) is 8.35. The number of aryl methyl sites for hydroxylation is 1. The van der Waals surface area contributed by atoms with Crippen LogP contribution in [0.5, 0.6) is 11.6 Å². The van der Waals surface area contributed by atoms with Gasteiger partial charge >= 0.3 is 0 Å². The van der Waals surface area contributed by atoms with Crippen molar-refractivity contribution in [2.75, 3.05) is 5.32 Å². The molecule has 4 rings (SSSR count). The number of aromatic nitrogens is 2. The van der Waals surface area contributed by atoms with E-state index in [0.29, 0.717) is 22.9 Å². The van der Waals surface area contributed by atoms with E-state index < -0.39 is 0 Å². The Morgan fingerprint density at radius 2 is 1.69 bits per heavy atom. The van der Waals surface area contributed by atoms with Crippen LogP contribution in [0.15, 0.2) is 91.3 Å². The highest BCUT2D eigenvalue weighted by atomic mass is 16.5. The zero-order valence-electron chi connectivity index (χ0n) is 15.9. The first-order valence-electron chi connectivity index (χ1n) is 9.21. The fourth-order valence-corrected chi connectivity index (χ4v) is 2.91. The molecule has 5 heteroatoms. The minimum absolute atomic E-state index is 0.174. The van der Waals surface area contributed by atoms with Gasteiger partial charge in [-0.25, -0.2) is 9.97 Å². The number of benzene rings is 3. The van der Waals surface area contributed by atoms with Gasteiger partial charge in [0, 0.05) is 22.9 Å². The van der Waals surface area contributed by atoms with E-state index in [0.717, 1.165) is 16.8 Å². The third-order valence-corrected chi connectivity index (χ3v) is 4.30. The van der Waals surface area contributed by atoms with E-state index in [9.17, 15) is 4.79 Å². The number of hydrogen-bond donors (Lipinski definition) is 1. The summed E-state index contributed by atoms with van der Waals surface area (Å²) in [6.07, 6.45) is 1.45. The highest BCUT2D eigenvalue weighted by Crippen LogP contribution is 2.24. The Hall–Kier alpha value is -3.99. The van der Waals surface area contributed by atoms with Gasteiger partial charge in [-0.05, 0) is 48.9 Å². The molecular formula is C24H19N3O2. The number of rotatable bonds is 5. The molecule has 0 atom stereocenters. The molecule has 0 radical (unpaired) electrons. The smallest absolute Gasteiger partial charge is 0.255 e. The number of amides is 1. The molecule has 29 heavy (non-hydrogen) atoms. The molecule has 0 fully saturated rings. The van der Waals surface area contributed by atoms with Gasteiger partial charge < -0.3 is 10.1 Å². The van der Waals surface area contributed by atoms with Crippen LogP contribution < -0.4 is 10.1 Å². The number of hydrogen-bond acceptors (Lipinski definition) is 4. The Balaban J connectivity index is 1.55. The summed E-state index contributed by atoms with van der Waals surface area (Å²) in [5.41, 5.74) is 3.89. The van der Waals surface area contributed by atoms with Crippen molar-refractivity contribution in [3.05, 3.63) is 102 Å². The minimum atomic E-state index is -0.174. The third-order valence-electron chi connectivity index (χ3n) is 4.30. The molecule has 0 aliphatic carbocycles. The van der Waals surface area contributed by atoms with Crippen LogP contribution in [0, 0.1) is 6.92 Å². The number of anilines is 1. The van der Waals surface area contributed by atoms with Crippen molar-refractivity contribution in [2.45, 2.75) is 6.92 Å². The summed E-state index contributed by atoms with van der Waals surface area (Å²) < 4.78 is 5.78. The van der Waals surface area contributed by atoms with Gasteiger partial charge in [0.2, 0.25) is 5.88 Å². The molecule has 1 amide bonds. The SMILES string of the molecule is Cc1cccc(NC(=O)c2cccc(-c3cc(Oc4ccccc4)ncn3)c2)c1. The molecule has 0 unspecified atom stereocenters. The van der Waals surface area contributed by atoms with E-state index in [4.69, 9.17) is 4.74 Å². The van der Waals surface area contributed by atoms with Gasteiger partial charge in [-0.15, -0.1) is 0 Å². The van der Waals surface area contributed by atoms with E-state index in [-0.39, 0.29) is 5.91 Å². The van der Waals surface area contributed by atoms with Gasteiger partial charge in [0.1, 0.15) is 12.1 Å². The first-order chi connectivity index (χ1) is 14.2. The Morgan fingerprint density at radius 1 is 0.862 bits per heavy atom. The highest BCUT2D eigenvalue weighted by Gasteiger charge is 2.10. The van der Waals surface area contributed by atoms with Crippen molar-refractivity contribution in [2.24, 2.45) is 0 Å². The fourth-order valence-electron chi connectivity index (χ4n) is 2.91. The Labute approximate surface area is 169 Å². The molecule has 142 valence electrons. The lowest BCUT2D eigenvalue weighted by atomic mass is 10.1. The van der Waals surface area contributed by atoms with Crippen molar-refractivity contribution in [3.63, 3.8) is 0 Å². The molecule has 0 spiro atoms. The van der Waals surface area contributed by atoms with Crippen LogP contribution >= 0.6 is 0 Å². The topological polar surface area (TPSA) is 64.1 Å². The lowest BCUT2D eigenvalue weighted by molar-refractivity contribution is 0.102. The van der Waals surface area contributed by atoms with Gasteiger partial charge in [0.15, 0.2) is 0 Å². The highest BCUT2D eigenvalue weighted by molar-refractivity contribution is 6.04. The Bertz CT molecular complexity index is 1140. The monoisotopic (exact) mass is 381 g/mol. The zero-order chi connectivity index (χ0) is 20.1. The molecule has 1 heterocycles. The standard InChI is InChI=1S/C24H19N3O2/c1-17-7-5-10-20(13-17)27-24(28)19-9-6-8-18(14-19)22-15-23(26-16-25-22)29-21-11-3-2-4-12-21/h2-16H,1H3,(H,27,28). The maximum Gasteiger partial charge on any atom is 0.255 e. The quantitative estimate of drug-likeness (QED) is 0.496. The summed E-state index contributed by atoms with van der Waals surface area (Å²) >= 11 is 0. The van der Waals surface area contributed by atoms with Gasteiger partial charge in [0.05, 0.1) is 5.69 Å². The van der Waals surface area contributed by atoms with Crippen LogP contribution in [0.25, 0.3) is 11.3 Å². The van der Waals surface area contributed by atoms with Gasteiger partial charge in [-0.3, -0.25) is 4.79 Å². The molecule has 0 aliphatic rings. The summed E-state index contributed by atoms with van der Waals surface area (Å²) in [4.78, 5) is 21.1. The second-order valence-corrected chi connectivity index (χ2v) is 6.56. The zero-order valence-corrected chi connectivity index (χ0v) is 15.9. The molecule has 0 bridgehead atoms. The van der Waals surface area contributed by atoms with E-state index in [1.807, 2.05) is 73.7 Å². The summed E-state index contributed by atoms with van der Waals surface area (Å²) in [6, 6.07) is 26.2. The maximum atomic E-state index is 12.6. The van der Waals surface area contributed by atoms with Crippen molar-refractivity contribution < 1.29 is 9.53 Å². The van der Waals surface area contributed by atoms with Crippen LogP contribution in [-0.4, -0.2) is 15.9 Å².